The highest BCUT2D eigenvalue weighted by atomic mass is 16.5. The normalized spacial score (nSPS) is 25.2. The molecule has 1 fully saturated rings. The Morgan fingerprint density at radius 3 is 2.79 bits per heavy atom. The molecule has 0 bridgehead atoms. The number of para-hydroxylation sites is 1. The summed E-state index contributed by atoms with van der Waals surface area (Å²) in [6.45, 7) is 4.87. The third-order valence-corrected chi connectivity index (χ3v) is 4.08. The number of ether oxygens (including phenoxy) is 1. The maximum atomic E-state index is 11.4. The molecule has 0 aromatic heterocycles. The number of hydrogen-bond acceptors (Lipinski definition) is 3. The Hall–Kier alpha value is -1.55. The summed E-state index contributed by atoms with van der Waals surface area (Å²) >= 11 is 0. The number of hydrogen-bond donors (Lipinski definition) is 1. The van der Waals surface area contributed by atoms with Crippen LogP contribution in [0.5, 0.6) is 5.75 Å². The molecule has 1 aliphatic heterocycles. The fourth-order valence-electron chi connectivity index (χ4n) is 2.99. The number of rotatable bonds is 4. The molecule has 0 aliphatic carbocycles. The summed E-state index contributed by atoms with van der Waals surface area (Å²) in [5.41, 5.74) is 1.05. The molecule has 1 aromatic carbocycles. The van der Waals surface area contributed by atoms with Crippen molar-refractivity contribution in [3.63, 3.8) is 0 Å². The fraction of sp³-hybridized carbons (Fsp3) is 0.533. The zero-order chi connectivity index (χ0) is 14.0. The van der Waals surface area contributed by atoms with Gasteiger partial charge in [0.15, 0.2) is 0 Å². The number of methoxy groups -OCH3 is 1. The molecule has 0 amide bonds. The Labute approximate surface area is 114 Å². The molecule has 3 unspecified atom stereocenters. The first-order chi connectivity index (χ1) is 9.06. The maximum Gasteiger partial charge on any atom is 0.321 e. The first-order valence-electron chi connectivity index (χ1n) is 6.67. The number of carbonyl (C=O) groups is 1. The van der Waals surface area contributed by atoms with E-state index in [2.05, 4.69) is 4.90 Å². The first-order valence-corrected chi connectivity index (χ1v) is 6.67. The number of likely N-dealkylation sites (tertiary alicyclic amines) is 1. The van der Waals surface area contributed by atoms with Gasteiger partial charge in [0.2, 0.25) is 0 Å². The molecule has 2 rings (SSSR count). The highest BCUT2D eigenvalue weighted by Gasteiger charge is 2.39. The Morgan fingerprint density at radius 1 is 1.47 bits per heavy atom. The molecule has 1 saturated heterocycles. The standard InChI is InChI=1S/C15H21NO3/c1-10-8-9-16(14(10)15(17)18)11(2)12-6-4-5-7-13(12)19-3/h4-7,10-11,14H,8-9H2,1-3H3,(H,17,18). The molecule has 1 heterocycles. The lowest BCUT2D eigenvalue weighted by atomic mass is 10.0. The number of nitrogens with zero attached hydrogens (tertiary/aromatic N) is 1. The second-order valence-corrected chi connectivity index (χ2v) is 5.20. The van der Waals surface area contributed by atoms with E-state index in [0.717, 1.165) is 24.3 Å². The van der Waals surface area contributed by atoms with Crippen molar-refractivity contribution in [3.05, 3.63) is 29.8 Å². The number of benzene rings is 1. The predicted octanol–water partition coefficient (Wildman–Crippen LogP) is 2.55. The summed E-state index contributed by atoms with van der Waals surface area (Å²) in [5, 5.41) is 9.40. The average molecular weight is 263 g/mol. The summed E-state index contributed by atoms with van der Waals surface area (Å²) in [6.07, 6.45) is 0.927. The van der Waals surface area contributed by atoms with Gasteiger partial charge in [-0.25, -0.2) is 0 Å². The number of carboxylic acids is 1. The molecule has 4 nitrogen and oxygen atoms in total. The van der Waals surface area contributed by atoms with E-state index >= 15 is 0 Å². The van der Waals surface area contributed by atoms with E-state index in [9.17, 15) is 9.90 Å². The highest BCUT2D eigenvalue weighted by Crippen LogP contribution is 2.36. The predicted molar refractivity (Wildman–Crippen MR) is 73.3 cm³/mol. The van der Waals surface area contributed by atoms with E-state index in [0.29, 0.717) is 0 Å². The summed E-state index contributed by atoms with van der Waals surface area (Å²) in [6, 6.07) is 7.45. The van der Waals surface area contributed by atoms with E-state index in [-0.39, 0.29) is 12.0 Å². The molecule has 4 heteroatoms. The molecule has 19 heavy (non-hydrogen) atoms. The lowest BCUT2D eigenvalue weighted by molar-refractivity contribution is -0.144. The van der Waals surface area contributed by atoms with Crippen LogP contribution < -0.4 is 4.74 Å². The van der Waals surface area contributed by atoms with Crippen molar-refractivity contribution in [2.45, 2.75) is 32.4 Å². The van der Waals surface area contributed by atoms with Gasteiger partial charge in [-0.1, -0.05) is 25.1 Å². The zero-order valence-corrected chi connectivity index (χ0v) is 11.7. The van der Waals surface area contributed by atoms with Gasteiger partial charge in [0.1, 0.15) is 11.8 Å². The number of aliphatic carboxylic acids is 1. The van der Waals surface area contributed by atoms with E-state index in [1.54, 1.807) is 7.11 Å². The van der Waals surface area contributed by atoms with Crippen LogP contribution in [0.4, 0.5) is 0 Å². The maximum absolute atomic E-state index is 11.4. The molecule has 104 valence electrons. The van der Waals surface area contributed by atoms with Crippen LogP contribution in [0, 0.1) is 5.92 Å². The lowest BCUT2D eigenvalue weighted by Gasteiger charge is -2.30. The van der Waals surface area contributed by atoms with Gasteiger partial charge >= 0.3 is 5.97 Å². The quantitative estimate of drug-likeness (QED) is 0.907. The average Bonchev–Trinajstić information content (AvgIpc) is 2.79. The van der Waals surface area contributed by atoms with Crippen LogP contribution in [0.3, 0.4) is 0 Å². The van der Waals surface area contributed by atoms with Crippen LogP contribution in [0.1, 0.15) is 31.9 Å². The highest BCUT2D eigenvalue weighted by molar-refractivity contribution is 5.74. The molecular formula is C15H21NO3. The van der Waals surface area contributed by atoms with Crippen molar-refractivity contribution in [2.75, 3.05) is 13.7 Å². The van der Waals surface area contributed by atoms with E-state index < -0.39 is 12.0 Å². The third-order valence-electron chi connectivity index (χ3n) is 4.08. The van der Waals surface area contributed by atoms with Gasteiger partial charge in [0.05, 0.1) is 7.11 Å². The van der Waals surface area contributed by atoms with Crippen molar-refractivity contribution < 1.29 is 14.6 Å². The van der Waals surface area contributed by atoms with Gasteiger partial charge in [0.25, 0.3) is 0 Å². The Morgan fingerprint density at radius 2 is 2.16 bits per heavy atom. The molecule has 1 aliphatic rings. The monoisotopic (exact) mass is 263 g/mol. The lowest BCUT2D eigenvalue weighted by Crippen LogP contribution is -2.40. The van der Waals surface area contributed by atoms with Crippen LogP contribution in [-0.2, 0) is 4.79 Å². The second kappa shape index (κ2) is 5.61. The van der Waals surface area contributed by atoms with E-state index in [4.69, 9.17) is 4.74 Å². The molecule has 1 aromatic rings. The van der Waals surface area contributed by atoms with Gasteiger partial charge in [-0.3, -0.25) is 9.69 Å². The Balaban J connectivity index is 2.28. The zero-order valence-electron chi connectivity index (χ0n) is 11.7. The molecule has 0 radical (unpaired) electrons. The van der Waals surface area contributed by atoms with Crippen LogP contribution in [0.15, 0.2) is 24.3 Å². The second-order valence-electron chi connectivity index (χ2n) is 5.20. The topological polar surface area (TPSA) is 49.8 Å². The number of carboxylic acid groups (broad SMARTS) is 1. The third kappa shape index (κ3) is 2.59. The van der Waals surface area contributed by atoms with Crippen molar-refractivity contribution in [1.29, 1.82) is 0 Å². The van der Waals surface area contributed by atoms with Crippen molar-refractivity contribution in [3.8, 4) is 5.75 Å². The van der Waals surface area contributed by atoms with Gasteiger partial charge in [0, 0.05) is 11.6 Å². The van der Waals surface area contributed by atoms with E-state index in [1.165, 1.54) is 0 Å². The molecule has 3 atom stereocenters. The largest absolute Gasteiger partial charge is 0.496 e. The first kappa shape index (κ1) is 13.9. The van der Waals surface area contributed by atoms with Crippen molar-refractivity contribution in [1.82, 2.24) is 4.90 Å². The summed E-state index contributed by atoms with van der Waals surface area (Å²) in [4.78, 5) is 13.5. The van der Waals surface area contributed by atoms with Crippen LogP contribution in [-0.4, -0.2) is 35.7 Å². The summed E-state index contributed by atoms with van der Waals surface area (Å²) in [5.74, 6) is 0.278. The minimum Gasteiger partial charge on any atom is -0.496 e. The summed E-state index contributed by atoms with van der Waals surface area (Å²) < 4.78 is 5.37. The van der Waals surface area contributed by atoms with Gasteiger partial charge in [-0.15, -0.1) is 0 Å². The fourth-order valence-corrected chi connectivity index (χ4v) is 2.99. The molecule has 1 N–H and O–H groups in total. The summed E-state index contributed by atoms with van der Waals surface area (Å²) in [7, 11) is 1.65. The van der Waals surface area contributed by atoms with Crippen molar-refractivity contribution in [2.24, 2.45) is 5.92 Å². The van der Waals surface area contributed by atoms with Crippen LogP contribution >= 0.6 is 0 Å². The van der Waals surface area contributed by atoms with Crippen LogP contribution in [0.25, 0.3) is 0 Å². The molecule has 0 saturated carbocycles. The Bertz CT molecular complexity index is 460. The molecular weight excluding hydrogens is 242 g/mol. The minimum absolute atomic E-state index is 0.0437. The van der Waals surface area contributed by atoms with Crippen LogP contribution in [0.2, 0.25) is 0 Å². The van der Waals surface area contributed by atoms with Gasteiger partial charge in [-0.05, 0) is 31.9 Å². The molecule has 0 spiro atoms. The smallest absolute Gasteiger partial charge is 0.321 e. The van der Waals surface area contributed by atoms with E-state index in [1.807, 2.05) is 38.1 Å². The van der Waals surface area contributed by atoms with Gasteiger partial charge < -0.3 is 9.84 Å². The Kier molecular flexibility index (Phi) is 4.10. The van der Waals surface area contributed by atoms with Gasteiger partial charge in [-0.2, -0.15) is 0 Å². The SMILES string of the molecule is COc1ccccc1C(C)N1CCC(C)C1C(=O)O. The minimum atomic E-state index is -0.730. The van der Waals surface area contributed by atoms with Crippen molar-refractivity contribution >= 4 is 5.97 Å².